The van der Waals surface area contributed by atoms with Crippen molar-refractivity contribution >= 4 is 0 Å². The number of halogens is 1. The molecule has 4 heteroatoms. The monoisotopic (exact) mass is 276 g/mol. The van der Waals surface area contributed by atoms with Crippen molar-refractivity contribution in [1.82, 2.24) is 9.55 Å². The van der Waals surface area contributed by atoms with Gasteiger partial charge in [0.05, 0.1) is 5.60 Å². The molecule has 2 aromatic rings. The van der Waals surface area contributed by atoms with Crippen LogP contribution in [-0.4, -0.2) is 20.3 Å². The molecule has 1 aromatic carbocycles. The average molecular weight is 276 g/mol. The first-order valence-corrected chi connectivity index (χ1v) is 6.97. The highest BCUT2D eigenvalue weighted by Gasteiger charge is 2.25. The van der Waals surface area contributed by atoms with Crippen molar-refractivity contribution in [2.45, 2.75) is 45.3 Å². The van der Waals surface area contributed by atoms with E-state index in [1.54, 1.807) is 31.3 Å². The van der Waals surface area contributed by atoms with E-state index in [1.165, 1.54) is 6.07 Å². The number of aliphatic hydroxyl groups is 1. The summed E-state index contributed by atoms with van der Waals surface area (Å²) in [7, 11) is 0. The first-order chi connectivity index (χ1) is 9.52. The zero-order valence-corrected chi connectivity index (χ0v) is 12.0. The molecule has 0 amide bonds. The molecule has 0 bridgehead atoms. The van der Waals surface area contributed by atoms with E-state index in [1.807, 2.05) is 10.8 Å². The van der Waals surface area contributed by atoms with Crippen LogP contribution in [0.15, 0.2) is 36.7 Å². The van der Waals surface area contributed by atoms with E-state index in [9.17, 15) is 9.50 Å². The molecule has 0 aliphatic carbocycles. The van der Waals surface area contributed by atoms with E-state index in [0.29, 0.717) is 12.0 Å². The highest BCUT2D eigenvalue weighted by Crippen LogP contribution is 2.20. The Bertz CT molecular complexity index is 563. The lowest BCUT2D eigenvalue weighted by Crippen LogP contribution is -2.32. The summed E-state index contributed by atoms with van der Waals surface area (Å²) in [6, 6.07) is 6.57. The van der Waals surface area contributed by atoms with E-state index < -0.39 is 5.60 Å². The SMILES string of the molecule is CCCn1ccnc1CC(C)(O)Cc1ccccc1F. The van der Waals surface area contributed by atoms with Gasteiger partial charge in [-0.1, -0.05) is 25.1 Å². The minimum Gasteiger partial charge on any atom is -0.389 e. The molecule has 1 aromatic heterocycles. The summed E-state index contributed by atoms with van der Waals surface area (Å²) in [4.78, 5) is 4.29. The Morgan fingerprint density at radius 3 is 2.75 bits per heavy atom. The van der Waals surface area contributed by atoms with Crippen molar-refractivity contribution in [3.63, 3.8) is 0 Å². The maximum atomic E-state index is 13.7. The summed E-state index contributed by atoms with van der Waals surface area (Å²) >= 11 is 0. The summed E-state index contributed by atoms with van der Waals surface area (Å²) in [5.41, 5.74) is -0.481. The topological polar surface area (TPSA) is 38.0 Å². The molecular formula is C16H21FN2O. The van der Waals surface area contributed by atoms with Crippen LogP contribution in [0.1, 0.15) is 31.7 Å². The summed E-state index contributed by atoms with van der Waals surface area (Å²) in [5, 5.41) is 10.5. The van der Waals surface area contributed by atoms with Crippen LogP contribution in [-0.2, 0) is 19.4 Å². The lowest BCUT2D eigenvalue weighted by Gasteiger charge is -2.23. The number of benzene rings is 1. The average Bonchev–Trinajstić information content (AvgIpc) is 2.79. The number of hydrogen-bond acceptors (Lipinski definition) is 2. The van der Waals surface area contributed by atoms with E-state index in [-0.39, 0.29) is 12.2 Å². The highest BCUT2D eigenvalue weighted by atomic mass is 19.1. The Balaban J connectivity index is 2.11. The van der Waals surface area contributed by atoms with Gasteiger partial charge >= 0.3 is 0 Å². The number of nitrogens with zero attached hydrogens (tertiary/aromatic N) is 2. The zero-order chi connectivity index (χ0) is 14.6. The Morgan fingerprint density at radius 2 is 2.05 bits per heavy atom. The van der Waals surface area contributed by atoms with Gasteiger partial charge in [0.25, 0.3) is 0 Å². The largest absolute Gasteiger partial charge is 0.389 e. The van der Waals surface area contributed by atoms with Crippen LogP contribution in [0.5, 0.6) is 0 Å². The lowest BCUT2D eigenvalue weighted by atomic mass is 9.92. The normalized spacial score (nSPS) is 14.2. The van der Waals surface area contributed by atoms with Crippen LogP contribution >= 0.6 is 0 Å². The fourth-order valence-electron chi connectivity index (χ4n) is 2.41. The number of rotatable bonds is 6. The fraction of sp³-hybridized carbons (Fsp3) is 0.438. The van der Waals surface area contributed by atoms with Gasteiger partial charge in [-0.25, -0.2) is 9.37 Å². The minimum absolute atomic E-state index is 0.273. The molecule has 1 heterocycles. The molecule has 1 unspecified atom stereocenters. The number of imidazole rings is 1. The van der Waals surface area contributed by atoms with Gasteiger partial charge in [0.1, 0.15) is 11.6 Å². The van der Waals surface area contributed by atoms with Crippen LogP contribution in [0.3, 0.4) is 0 Å². The van der Waals surface area contributed by atoms with Crippen molar-refractivity contribution in [2.24, 2.45) is 0 Å². The van der Waals surface area contributed by atoms with Crippen LogP contribution in [0, 0.1) is 5.82 Å². The summed E-state index contributed by atoms with van der Waals surface area (Å²) in [5.74, 6) is 0.567. The minimum atomic E-state index is -1.01. The van der Waals surface area contributed by atoms with Gasteiger partial charge in [0.15, 0.2) is 0 Å². The smallest absolute Gasteiger partial charge is 0.126 e. The summed E-state index contributed by atoms with van der Waals surface area (Å²) in [6.45, 7) is 4.71. The van der Waals surface area contributed by atoms with Gasteiger partial charge in [-0.2, -0.15) is 0 Å². The maximum absolute atomic E-state index is 13.7. The Hall–Kier alpha value is -1.68. The Morgan fingerprint density at radius 1 is 1.30 bits per heavy atom. The van der Waals surface area contributed by atoms with Crippen LogP contribution in [0.2, 0.25) is 0 Å². The van der Waals surface area contributed by atoms with Gasteiger partial charge in [-0.05, 0) is 25.0 Å². The molecule has 0 spiro atoms. The molecule has 0 radical (unpaired) electrons. The molecule has 20 heavy (non-hydrogen) atoms. The van der Waals surface area contributed by atoms with Gasteiger partial charge in [-0.3, -0.25) is 0 Å². The maximum Gasteiger partial charge on any atom is 0.126 e. The second-order valence-electron chi connectivity index (χ2n) is 5.48. The first-order valence-electron chi connectivity index (χ1n) is 6.97. The lowest BCUT2D eigenvalue weighted by molar-refractivity contribution is 0.0569. The van der Waals surface area contributed by atoms with Crippen molar-refractivity contribution in [2.75, 3.05) is 0 Å². The van der Waals surface area contributed by atoms with E-state index >= 15 is 0 Å². The zero-order valence-electron chi connectivity index (χ0n) is 12.0. The quantitative estimate of drug-likeness (QED) is 0.881. The van der Waals surface area contributed by atoms with Crippen LogP contribution < -0.4 is 0 Å². The van der Waals surface area contributed by atoms with Crippen molar-refractivity contribution in [1.29, 1.82) is 0 Å². The molecule has 0 saturated heterocycles. The molecule has 0 saturated carbocycles. The molecule has 0 aliphatic heterocycles. The van der Waals surface area contributed by atoms with Crippen molar-refractivity contribution in [3.8, 4) is 0 Å². The molecular weight excluding hydrogens is 255 g/mol. The molecule has 0 fully saturated rings. The predicted molar refractivity (Wildman–Crippen MR) is 76.9 cm³/mol. The highest BCUT2D eigenvalue weighted by molar-refractivity contribution is 5.19. The predicted octanol–water partition coefficient (Wildman–Crippen LogP) is 2.97. The molecule has 3 nitrogen and oxygen atoms in total. The first kappa shape index (κ1) is 14.7. The Labute approximate surface area is 119 Å². The van der Waals surface area contributed by atoms with E-state index in [2.05, 4.69) is 11.9 Å². The van der Waals surface area contributed by atoms with Gasteiger partial charge in [0.2, 0.25) is 0 Å². The second kappa shape index (κ2) is 6.18. The molecule has 2 rings (SSSR count). The van der Waals surface area contributed by atoms with Crippen molar-refractivity contribution in [3.05, 3.63) is 53.9 Å². The van der Waals surface area contributed by atoms with Gasteiger partial charge in [0, 0.05) is 31.8 Å². The standard InChI is InChI=1S/C16H21FN2O/c1-3-9-19-10-8-18-15(19)12-16(2,20)11-13-6-4-5-7-14(13)17/h4-8,10,20H,3,9,11-12H2,1-2H3. The third-order valence-electron chi connectivity index (χ3n) is 3.33. The van der Waals surface area contributed by atoms with Crippen LogP contribution in [0.25, 0.3) is 0 Å². The third kappa shape index (κ3) is 3.67. The van der Waals surface area contributed by atoms with E-state index in [0.717, 1.165) is 18.8 Å². The van der Waals surface area contributed by atoms with Gasteiger partial charge < -0.3 is 9.67 Å². The second-order valence-corrected chi connectivity index (χ2v) is 5.48. The van der Waals surface area contributed by atoms with Crippen LogP contribution in [0.4, 0.5) is 4.39 Å². The fourth-order valence-corrected chi connectivity index (χ4v) is 2.41. The number of aromatic nitrogens is 2. The van der Waals surface area contributed by atoms with Gasteiger partial charge in [-0.15, -0.1) is 0 Å². The Kier molecular flexibility index (Phi) is 4.55. The number of hydrogen-bond donors (Lipinski definition) is 1. The van der Waals surface area contributed by atoms with Crippen molar-refractivity contribution < 1.29 is 9.50 Å². The molecule has 108 valence electrons. The molecule has 1 atom stereocenters. The summed E-state index contributed by atoms with van der Waals surface area (Å²) < 4.78 is 15.7. The number of aryl methyl sites for hydroxylation is 1. The molecule has 1 N–H and O–H groups in total. The summed E-state index contributed by atoms with van der Waals surface area (Å²) in [6.07, 6.45) is 5.36. The third-order valence-corrected chi connectivity index (χ3v) is 3.33. The molecule has 0 aliphatic rings. The van der Waals surface area contributed by atoms with E-state index in [4.69, 9.17) is 0 Å².